The molecule has 0 aromatic heterocycles. The summed E-state index contributed by atoms with van der Waals surface area (Å²) in [6.07, 6.45) is 1.85. The molecule has 0 aliphatic heterocycles. The van der Waals surface area contributed by atoms with E-state index in [1.54, 1.807) is 12.1 Å². The first-order chi connectivity index (χ1) is 7.88. The molecular formula is C14H18FNO. The van der Waals surface area contributed by atoms with Crippen LogP contribution in [0.25, 0.3) is 0 Å². The molecule has 17 heavy (non-hydrogen) atoms. The van der Waals surface area contributed by atoms with Crippen molar-refractivity contribution in [1.82, 2.24) is 0 Å². The molecule has 1 saturated carbocycles. The number of hydrogen-bond acceptors (Lipinski definition) is 1. The van der Waals surface area contributed by atoms with E-state index < -0.39 is 0 Å². The topological polar surface area (TPSA) is 29.1 Å². The zero-order valence-electron chi connectivity index (χ0n) is 10.5. The monoisotopic (exact) mass is 235 g/mol. The summed E-state index contributed by atoms with van der Waals surface area (Å²) < 4.78 is 13.6. The van der Waals surface area contributed by atoms with Gasteiger partial charge in [0.1, 0.15) is 5.82 Å². The fourth-order valence-corrected chi connectivity index (χ4v) is 1.67. The highest BCUT2D eigenvalue weighted by atomic mass is 19.1. The highest BCUT2D eigenvalue weighted by Gasteiger charge is 2.30. The Kier molecular flexibility index (Phi) is 2.94. The number of nitrogens with one attached hydrogen (secondary N) is 1. The van der Waals surface area contributed by atoms with Crippen LogP contribution in [-0.4, -0.2) is 5.91 Å². The third-order valence-electron chi connectivity index (χ3n) is 3.04. The van der Waals surface area contributed by atoms with Crippen molar-refractivity contribution in [2.75, 3.05) is 5.32 Å². The van der Waals surface area contributed by atoms with E-state index in [4.69, 9.17) is 0 Å². The maximum Gasteiger partial charge on any atom is 0.227 e. The predicted octanol–water partition coefficient (Wildman–Crippen LogP) is 3.47. The number of anilines is 1. The molecule has 2 nitrogen and oxygen atoms in total. The van der Waals surface area contributed by atoms with Crippen LogP contribution in [0.15, 0.2) is 18.2 Å². The lowest BCUT2D eigenvalue weighted by Gasteiger charge is -2.20. The highest BCUT2D eigenvalue weighted by Crippen LogP contribution is 2.31. The van der Waals surface area contributed by atoms with E-state index in [-0.39, 0.29) is 23.1 Å². The molecule has 3 heteroatoms. The lowest BCUT2D eigenvalue weighted by molar-refractivity contribution is -0.117. The van der Waals surface area contributed by atoms with E-state index in [2.05, 4.69) is 26.1 Å². The maximum absolute atomic E-state index is 13.6. The summed E-state index contributed by atoms with van der Waals surface area (Å²) in [6, 6.07) is 4.92. The van der Waals surface area contributed by atoms with E-state index in [1.165, 1.54) is 6.07 Å². The molecule has 92 valence electrons. The Bertz CT molecular complexity index is 444. The second-order valence-electron chi connectivity index (χ2n) is 5.71. The molecule has 0 saturated heterocycles. The number of halogens is 1. The molecule has 1 aromatic rings. The third kappa shape index (κ3) is 2.84. The van der Waals surface area contributed by atoms with Crippen LogP contribution >= 0.6 is 0 Å². The average molecular weight is 235 g/mol. The summed E-state index contributed by atoms with van der Waals surface area (Å²) in [7, 11) is 0. The molecule has 0 bridgehead atoms. The number of carbonyl (C=O) groups is 1. The maximum atomic E-state index is 13.6. The van der Waals surface area contributed by atoms with E-state index in [1.807, 2.05) is 0 Å². The molecule has 1 aliphatic rings. The van der Waals surface area contributed by atoms with Crippen molar-refractivity contribution in [3.8, 4) is 0 Å². The first kappa shape index (κ1) is 12.1. The summed E-state index contributed by atoms with van der Waals surface area (Å²) in [6.45, 7) is 6.19. The molecular weight excluding hydrogens is 217 g/mol. The van der Waals surface area contributed by atoms with Gasteiger partial charge in [0.25, 0.3) is 0 Å². The van der Waals surface area contributed by atoms with Crippen LogP contribution in [0, 0.1) is 11.7 Å². The van der Waals surface area contributed by atoms with E-state index in [0.717, 1.165) is 18.4 Å². The van der Waals surface area contributed by atoms with Gasteiger partial charge in [-0.1, -0.05) is 26.8 Å². The minimum atomic E-state index is -0.369. The van der Waals surface area contributed by atoms with Crippen molar-refractivity contribution in [3.05, 3.63) is 29.6 Å². The molecule has 2 rings (SSSR count). The van der Waals surface area contributed by atoms with Crippen LogP contribution in [-0.2, 0) is 10.2 Å². The van der Waals surface area contributed by atoms with Gasteiger partial charge < -0.3 is 5.32 Å². The lowest BCUT2D eigenvalue weighted by Crippen LogP contribution is -2.16. The van der Waals surface area contributed by atoms with Crippen LogP contribution in [0.5, 0.6) is 0 Å². The lowest BCUT2D eigenvalue weighted by atomic mass is 9.87. The van der Waals surface area contributed by atoms with Gasteiger partial charge in [0.15, 0.2) is 0 Å². The largest absolute Gasteiger partial charge is 0.323 e. The van der Waals surface area contributed by atoms with Crippen molar-refractivity contribution in [1.29, 1.82) is 0 Å². The predicted molar refractivity (Wildman–Crippen MR) is 66.5 cm³/mol. The summed E-state index contributed by atoms with van der Waals surface area (Å²) in [5, 5.41) is 2.67. The van der Waals surface area contributed by atoms with Crippen LogP contribution in [0.1, 0.15) is 39.2 Å². The van der Waals surface area contributed by atoms with Crippen LogP contribution in [0.4, 0.5) is 10.1 Å². The van der Waals surface area contributed by atoms with Gasteiger partial charge >= 0.3 is 0 Å². The molecule has 1 fully saturated rings. The minimum absolute atomic E-state index is 0.0489. The van der Waals surface area contributed by atoms with Gasteiger partial charge in [-0.05, 0) is 36.0 Å². The fourth-order valence-electron chi connectivity index (χ4n) is 1.67. The Morgan fingerprint density at radius 1 is 1.35 bits per heavy atom. The Morgan fingerprint density at radius 2 is 2.00 bits per heavy atom. The summed E-state index contributed by atoms with van der Waals surface area (Å²) in [5.41, 5.74) is 1.27. The number of rotatable bonds is 2. The van der Waals surface area contributed by atoms with Crippen molar-refractivity contribution in [3.63, 3.8) is 0 Å². The second-order valence-corrected chi connectivity index (χ2v) is 5.71. The zero-order chi connectivity index (χ0) is 12.6. The zero-order valence-corrected chi connectivity index (χ0v) is 10.5. The first-order valence-corrected chi connectivity index (χ1v) is 5.99. The third-order valence-corrected chi connectivity index (χ3v) is 3.04. The molecule has 1 aromatic carbocycles. The van der Waals surface area contributed by atoms with Crippen LogP contribution in [0.2, 0.25) is 0 Å². The first-order valence-electron chi connectivity index (χ1n) is 5.99. The normalized spacial score (nSPS) is 15.8. The standard InChI is InChI=1S/C14H18FNO/c1-14(2,3)10-6-7-11(15)12(8-10)16-13(17)9-4-5-9/h6-9H,4-5H2,1-3H3,(H,16,17). The Hall–Kier alpha value is -1.38. The van der Waals surface area contributed by atoms with E-state index in [0.29, 0.717) is 5.69 Å². The number of hydrogen-bond donors (Lipinski definition) is 1. The van der Waals surface area contributed by atoms with E-state index >= 15 is 0 Å². The van der Waals surface area contributed by atoms with Gasteiger partial charge in [0, 0.05) is 5.92 Å². The molecule has 0 atom stereocenters. The smallest absolute Gasteiger partial charge is 0.227 e. The number of benzene rings is 1. The van der Waals surface area contributed by atoms with Gasteiger partial charge in [0.05, 0.1) is 5.69 Å². The van der Waals surface area contributed by atoms with E-state index in [9.17, 15) is 9.18 Å². The molecule has 1 aliphatic carbocycles. The van der Waals surface area contributed by atoms with Gasteiger partial charge in [-0.3, -0.25) is 4.79 Å². The average Bonchev–Trinajstić information content (AvgIpc) is 3.02. The summed E-state index contributed by atoms with van der Waals surface area (Å²) >= 11 is 0. The summed E-state index contributed by atoms with van der Waals surface area (Å²) in [5.74, 6) is -0.338. The molecule has 0 spiro atoms. The molecule has 0 unspecified atom stereocenters. The number of amides is 1. The SMILES string of the molecule is CC(C)(C)c1ccc(F)c(NC(=O)C2CC2)c1. The van der Waals surface area contributed by atoms with Crippen LogP contribution < -0.4 is 5.32 Å². The Balaban J connectivity index is 2.22. The molecule has 0 heterocycles. The van der Waals surface area contributed by atoms with Crippen molar-refractivity contribution < 1.29 is 9.18 Å². The molecule has 1 N–H and O–H groups in total. The van der Waals surface area contributed by atoms with Gasteiger partial charge in [0.2, 0.25) is 5.91 Å². The number of carbonyl (C=O) groups excluding carboxylic acids is 1. The van der Waals surface area contributed by atoms with Crippen molar-refractivity contribution >= 4 is 11.6 Å². The molecule has 1 amide bonds. The van der Waals surface area contributed by atoms with Gasteiger partial charge in [-0.25, -0.2) is 4.39 Å². The Morgan fingerprint density at radius 3 is 2.53 bits per heavy atom. The van der Waals surface area contributed by atoms with Crippen LogP contribution in [0.3, 0.4) is 0 Å². The van der Waals surface area contributed by atoms with Gasteiger partial charge in [-0.2, -0.15) is 0 Å². The second kappa shape index (κ2) is 4.13. The van der Waals surface area contributed by atoms with Crippen molar-refractivity contribution in [2.24, 2.45) is 5.92 Å². The minimum Gasteiger partial charge on any atom is -0.323 e. The summed E-state index contributed by atoms with van der Waals surface area (Å²) in [4.78, 5) is 11.6. The quantitative estimate of drug-likeness (QED) is 0.835. The molecule has 0 radical (unpaired) electrons. The fraction of sp³-hybridized carbons (Fsp3) is 0.500. The van der Waals surface area contributed by atoms with Crippen molar-refractivity contribution in [2.45, 2.75) is 39.0 Å². The Labute approximate surface area is 101 Å². The van der Waals surface area contributed by atoms with Gasteiger partial charge in [-0.15, -0.1) is 0 Å². The highest BCUT2D eigenvalue weighted by molar-refractivity contribution is 5.94.